The van der Waals surface area contributed by atoms with E-state index in [0.717, 1.165) is 16.9 Å². The van der Waals surface area contributed by atoms with Crippen molar-refractivity contribution < 1.29 is 28.5 Å². The topological polar surface area (TPSA) is 75.3 Å². The predicted molar refractivity (Wildman–Crippen MR) is 108 cm³/mol. The molecular weight excluding hydrogens is 374 g/mol. The molecule has 7 heteroatoms. The molecule has 0 aliphatic carbocycles. The van der Waals surface area contributed by atoms with Gasteiger partial charge < -0.3 is 29.0 Å². The molecule has 1 aliphatic heterocycles. The number of hydrogen-bond acceptors (Lipinski definition) is 6. The number of benzene rings is 2. The zero-order valence-corrected chi connectivity index (χ0v) is 17.2. The fourth-order valence-electron chi connectivity index (χ4n) is 3.33. The number of nitrogens with one attached hydrogen (secondary N) is 1. The normalized spacial score (nSPS) is 13.4. The second-order valence-electron chi connectivity index (χ2n) is 6.69. The van der Waals surface area contributed by atoms with Crippen LogP contribution in [-0.2, 0) is 11.2 Å². The first-order valence-electron chi connectivity index (χ1n) is 9.54. The molecule has 0 saturated carbocycles. The molecule has 1 amide bonds. The SMILES string of the molecule is COc1ccc(CCC(=O)NC(C)c2ccc3c(c2)OCCO3)c(OC)c1OC. The molecule has 29 heavy (non-hydrogen) atoms. The Morgan fingerprint density at radius 2 is 1.72 bits per heavy atom. The van der Waals surface area contributed by atoms with Gasteiger partial charge in [-0.2, -0.15) is 0 Å². The fraction of sp³-hybridized carbons (Fsp3) is 0.409. The summed E-state index contributed by atoms with van der Waals surface area (Å²) in [5, 5.41) is 3.03. The molecule has 156 valence electrons. The number of carbonyl (C=O) groups excluding carboxylic acids is 1. The van der Waals surface area contributed by atoms with E-state index in [0.29, 0.717) is 49.1 Å². The summed E-state index contributed by atoms with van der Waals surface area (Å²) < 4.78 is 27.3. The monoisotopic (exact) mass is 401 g/mol. The lowest BCUT2D eigenvalue weighted by molar-refractivity contribution is -0.121. The summed E-state index contributed by atoms with van der Waals surface area (Å²) in [5.74, 6) is 3.09. The Bertz CT molecular complexity index is 867. The van der Waals surface area contributed by atoms with E-state index in [1.54, 1.807) is 21.3 Å². The van der Waals surface area contributed by atoms with Crippen molar-refractivity contribution in [3.05, 3.63) is 41.5 Å². The number of hydrogen-bond donors (Lipinski definition) is 1. The molecular formula is C22H27NO6. The molecule has 1 heterocycles. The van der Waals surface area contributed by atoms with Gasteiger partial charge in [0, 0.05) is 6.42 Å². The van der Waals surface area contributed by atoms with Gasteiger partial charge in [0.15, 0.2) is 23.0 Å². The van der Waals surface area contributed by atoms with Crippen LogP contribution in [0.2, 0.25) is 0 Å². The lowest BCUT2D eigenvalue weighted by Crippen LogP contribution is -2.27. The summed E-state index contributed by atoms with van der Waals surface area (Å²) in [7, 11) is 4.71. The van der Waals surface area contributed by atoms with E-state index in [9.17, 15) is 4.79 Å². The van der Waals surface area contributed by atoms with Crippen molar-refractivity contribution in [3.63, 3.8) is 0 Å². The summed E-state index contributed by atoms with van der Waals surface area (Å²) in [4.78, 5) is 12.5. The highest BCUT2D eigenvalue weighted by Crippen LogP contribution is 2.40. The van der Waals surface area contributed by atoms with Crippen LogP contribution < -0.4 is 29.0 Å². The van der Waals surface area contributed by atoms with Gasteiger partial charge in [0.2, 0.25) is 11.7 Å². The highest BCUT2D eigenvalue weighted by molar-refractivity contribution is 5.77. The number of methoxy groups -OCH3 is 3. The second-order valence-corrected chi connectivity index (χ2v) is 6.69. The minimum absolute atomic E-state index is 0.0516. The predicted octanol–water partition coefficient (Wildman–Crippen LogP) is 3.29. The van der Waals surface area contributed by atoms with E-state index in [4.69, 9.17) is 23.7 Å². The Kier molecular flexibility index (Phi) is 6.69. The van der Waals surface area contributed by atoms with Gasteiger partial charge in [-0.05, 0) is 42.7 Å². The zero-order chi connectivity index (χ0) is 20.8. The van der Waals surface area contributed by atoms with Crippen LogP contribution >= 0.6 is 0 Å². The van der Waals surface area contributed by atoms with Crippen molar-refractivity contribution in [2.45, 2.75) is 25.8 Å². The maximum atomic E-state index is 12.5. The lowest BCUT2D eigenvalue weighted by Gasteiger charge is -2.21. The van der Waals surface area contributed by atoms with Crippen LogP contribution in [0, 0.1) is 0 Å². The smallest absolute Gasteiger partial charge is 0.220 e. The van der Waals surface area contributed by atoms with Gasteiger partial charge >= 0.3 is 0 Å². The van der Waals surface area contributed by atoms with Gasteiger partial charge in [-0.25, -0.2) is 0 Å². The van der Waals surface area contributed by atoms with Crippen LogP contribution in [0.5, 0.6) is 28.7 Å². The molecule has 1 N–H and O–H groups in total. The lowest BCUT2D eigenvalue weighted by atomic mass is 10.1. The fourth-order valence-corrected chi connectivity index (χ4v) is 3.33. The first kappa shape index (κ1) is 20.6. The molecule has 3 rings (SSSR count). The molecule has 1 aliphatic rings. The summed E-state index contributed by atoms with van der Waals surface area (Å²) in [6.07, 6.45) is 0.837. The van der Waals surface area contributed by atoms with E-state index in [1.165, 1.54) is 0 Å². The van der Waals surface area contributed by atoms with Gasteiger partial charge in [-0.1, -0.05) is 12.1 Å². The largest absolute Gasteiger partial charge is 0.493 e. The second kappa shape index (κ2) is 9.41. The summed E-state index contributed by atoms with van der Waals surface area (Å²) >= 11 is 0. The molecule has 7 nitrogen and oxygen atoms in total. The maximum Gasteiger partial charge on any atom is 0.220 e. The molecule has 0 spiro atoms. The van der Waals surface area contributed by atoms with Gasteiger partial charge in [0.25, 0.3) is 0 Å². The number of aryl methyl sites for hydroxylation is 1. The van der Waals surface area contributed by atoms with Gasteiger partial charge in [-0.15, -0.1) is 0 Å². The molecule has 0 aromatic heterocycles. The third-order valence-corrected chi connectivity index (χ3v) is 4.85. The number of amides is 1. The minimum atomic E-state index is -0.148. The Labute approximate surface area is 170 Å². The van der Waals surface area contributed by atoms with Gasteiger partial charge in [-0.3, -0.25) is 4.79 Å². The van der Waals surface area contributed by atoms with Crippen molar-refractivity contribution in [3.8, 4) is 28.7 Å². The van der Waals surface area contributed by atoms with Crippen LogP contribution in [0.4, 0.5) is 0 Å². The molecule has 2 aromatic carbocycles. The number of fused-ring (bicyclic) bond motifs is 1. The molecule has 0 saturated heterocycles. The van der Waals surface area contributed by atoms with E-state index < -0.39 is 0 Å². The molecule has 1 atom stereocenters. The number of carbonyl (C=O) groups is 1. The van der Waals surface area contributed by atoms with Crippen LogP contribution in [0.15, 0.2) is 30.3 Å². The summed E-state index contributed by atoms with van der Waals surface area (Å²) in [5.41, 5.74) is 1.85. The van der Waals surface area contributed by atoms with E-state index in [2.05, 4.69) is 5.32 Å². The van der Waals surface area contributed by atoms with E-state index in [-0.39, 0.29) is 11.9 Å². The van der Waals surface area contributed by atoms with Crippen LogP contribution in [0.1, 0.15) is 30.5 Å². The standard InChI is InChI=1S/C22H27NO6/c1-14(16-6-8-17-19(13-16)29-12-11-28-17)23-20(24)10-7-15-5-9-18(25-2)22(27-4)21(15)26-3/h5-6,8-9,13-14H,7,10-12H2,1-4H3,(H,23,24). The van der Waals surface area contributed by atoms with Crippen LogP contribution in [0.25, 0.3) is 0 Å². The van der Waals surface area contributed by atoms with Crippen molar-refractivity contribution in [2.75, 3.05) is 34.5 Å². The third kappa shape index (κ3) is 4.67. The molecule has 0 fully saturated rings. The van der Waals surface area contributed by atoms with Crippen LogP contribution in [-0.4, -0.2) is 40.5 Å². The third-order valence-electron chi connectivity index (χ3n) is 4.85. The average molecular weight is 401 g/mol. The van der Waals surface area contributed by atoms with E-state index >= 15 is 0 Å². The molecule has 0 bridgehead atoms. The Hall–Kier alpha value is -3.09. The number of ether oxygens (including phenoxy) is 5. The number of rotatable bonds is 8. The van der Waals surface area contributed by atoms with Crippen molar-refractivity contribution in [1.29, 1.82) is 0 Å². The maximum absolute atomic E-state index is 12.5. The quantitative estimate of drug-likeness (QED) is 0.732. The minimum Gasteiger partial charge on any atom is -0.493 e. The Morgan fingerprint density at radius 3 is 2.41 bits per heavy atom. The first-order valence-corrected chi connectivity index (χ1v) is 9.54. The Morgan fingerprint density at radius 1 is 1.00 bits per heavy atom. The van der Waals surface area contributed by atoms with Crippen molar-refractivity contribution >= 4 is 5.91 Å². The van der Waals surface area contributed by atoms with Gasteiger partial charge in [0.1, 0.15) is 13.2 Å². The highest BCUT2D eigenvalue weighted by atomic mass is 16.6. The van der Waals surface area contributed by atoms with Crippen LogP contribution in [0.3, 0.4) is 0 Å². The Balaban J connectivity index is 1.63. The highest BCUT2D eigenvalue weighted by Gasteiger charge is 2.18. The zero-order valence-electron chi connectivity index (χ0n) is 17.2. The molecule has 2 aromatic rings. The molecule has 0 radical (unpaired) electrons. The summed E-state index contributed by atoms with van der Waals surface area (Å²) in [6.45, 7) is 3.03. The van der Waals surface area contributed by atoms with Crippen molar-refractivity contribution in [1.82, 2.24) is 5.32 Å². The molecule has 1 unspecified atom stereocenters. The van der Waals surface area contributed by atoms with Crippen molar-refractivity contribution in [2.24, 2.45) is 0 Å². The summed E-state index contributed by atoms with van der Waals surface area (Å²) in [6, 6.07) is 9.28. The average Bonchev–Trinajstić information content (AvgIpc) is 2.76. The van der Waals surface area contributed by atoms with Gasteiger partial charge in [0.05, 0.1) is 27.4 Å². The van der Waals surface area contributed by atoms with E-state index in [1.807, 2.05) is 37.3 Å². The first-order chi connectivity index (χ1) is 14.1.